The molecule has 0 aromatic heterocycles. The van der Waals surface area contributed by atoms with Gasteiger partial charge in [0.25, 0.3) is 0 Å². The van der Waals surface area contributed by atoms with E-state index < -0.39 is 11.9 Å². The molecule has 5 nitrogen and oxygen atoms in total. The largest absolute Gasteiger partial charge is 0.481 e. The summed E-state index contributed by atoms with van der Waals surface area (Å²) in [6, 6.07) is 0. The number of carbonyl (C=O) groups excluding carboxylic acids is 1. The molecule has 0 heterocycles. The molecule has 2 atom stereocenters. The maximum absolute atomic E-state index is 11.3. The Bertz CT molecular complexity index is 230. The highest BCUT2D eigenvalue weighted by atomic mass is 16.5. The molecular formula is C11H21NO4. The molecule has 94 valence electrons. The summed E-state index contributed by atoms with van der Waals surface area (Å²) in [6.07, 6.45) is 1.62. The van der Waals surface area contributed by atoms with Gasteiger partial charge in [-0.05, 0) is 19.8 Å². The van der Waals surface area contributed by atoms with Crippen molar-refractivity contribution >= 4 is 11.9 Å². The topological polar surface area (TPSA) is 75.6 Å². The van der Waals surface area contributed by atoms with Gasteiger partial charge in [-0.3, -0.25) is 9.59 Å². The number of aliphatic carboxylic acids is 1. The van der Waals surface area contributed by atoms with Crippen molar-refractivity contribution in [2.45, 2.75) is 39.2 Å². The lowest BCUT2D eigenvalue weighted by Crippen LogP contribution is -2.27. The van der Waals surface area contributed by atoms with Crippen LogP contribution in [0, 0.1) is 5.92 Å². The van der Waals surface area contributed by atoms with E-state index in [2.05, 4.69) is 5.32 Å². The summed E-state index contributed by atoms with van der Waals surface area (Å²) < 4.78 is 5.02. The van der Waals surface area contributed by atoms with Gasteiger partial charge in [0.2, 0.25) is 5.91 Å². The number of hydrogen-bond acceptors (Lipinski definition) is 3. The fraction of sp³-hybridized carbons (Fsp3) is 0.818. The summed E-state index contributed by atoms with van der Waals surface area (Å²) in [5.41, 5.74) is 0. The molecule has 1 amide bonds. The van der Waals surface area contributed by atoms with Crippen molar-refractivity contribution in [1.82, 2.24) is 5.32 Å². The molecule has 0 fully saturated rings. The summed E-state index contributed by atoms with van der Waals surface area (Å²) in [5, 5.41) is 11.3. The number of amides is 1. The van der Waals surface area contributed by atoms with Crippen LogP contribution in [0.2, 0.25) is 0 Å². The zero-order valence-electron chi connectivity index (χ0n) is 10.2. The minimum Gasteiger partial charge on any atom is -0.481 e. The van der Waals surface area contributed by atoms with Crippen LogP contribution in [-0.2, 0) is 14.3 Å². The molecule has 0 aromatic rings. The molecule has 2 N–H and O–H groups in total. The Morgan fingerprint density at radius 3 is 2.44 bits per heavy atom. The smallest absolute Gasteiger partial charge is 0.306 e. The van der Waals surface area contributed by atoms with E-state index in [-0.39, 0.29) is 12.0 Å². The van der Waals surface area contributed by atoms with Gasteiger partial charge in [0.15, 0.2) is 0 Å². The summed E-state index contributed by atoms with van der Waals surface area (Å²) in [6.45, 7) is 3.94. The standard InChI is InChI=1S/C11H21NO4/c1-8(11(14)15)6-7-12-10(13)5-4-9(2)16-3/h8-9H,4-7H2,1-3H3,(H,12,13)(H,14,15). The zero-order chi connectivity index (χ0) is 12.6. The van der Waals surface area contributed by atoms with Crippen LogP contribution in [0.5, 0.6) is 0 Å². The zero-order valence-corrected chi connectivity index (χ0v) is 10.2. The number of ether oxygens (including phenoxy) is 1. The highest BCUT2D eigenvalue weighted by Crippen LogP contribution is 2.01. The third kappa shape index (κ3) is 7.23. The molecule has 0 radical (unpaired) electrons. The third-order valence-corrected chi connectivity index (χ3v) is 2.50. The summed E-state index contributed by atoms with van der Waals surface area (Å²) in [5.74, 6) is -1.30. The van der Waals surface area contributed by atoms with Gasteiger partial charge in [-0.25, -0.2) is 0 Å². The highest BCUT2D eigenvalue weighted by molar-refractivity contribution is 5.76. The number of carboxylic acids is 1. The maximum atomic E-state index is 11.3. The summed E-state index contributed by atoms with van der Waals surface area (Å²) in [7, 11) is 1.61. The minimum atomic E-state index is -0.831. The van der Waals surface area contributed by atoms with Gasteiger partial charge in [-0.1, -0.05) is 6.92 Å². The first-order valence-electron chi connectivity index (χ1n) is 5.49. The van der Waals surface area contributed by atoms with Crippen molar-refractivity contribution in [1.29, 1.82) is 0 Å². The van der Waals surface area contributed by atoms with Gasteiger partial charge in [0.05, 0.1) is 12.0 Å². The molecule has 2 unspecified atom stereocenters. The monoisotopic (exact) mass is 231 g/mol. The Balaban J connectivity index is 3.55. The van der Waals surface area contributed by atoms with Gasteiger partial charge in [0.1, 0.15) is 0 Å². The van der Waals surface area contributed by atoms with Gasteiger partial charge in [-0.15, -0.1) is 0 Å². The van der Waals surface area contributed by atoms with Crippen LogP contribution in [0.1, 0.15) is 33.1 Å². The fourth-order valence-corrected chi connectivity index (χ4v) is 1.09. The molecule has 16 heavy (non-hydrogen) atoms. The maximum Gasteiger partial charge on any atom is 0.306 e. The highest BCUT2D eigenvalue weighted by Gasteiger charge is 2.11. The predicted octanol–water partition coefficient (Wildman–Crippen LogP) is 1.03. The molecule has 5 heteroatoms. The number of carbonyl (C=O) groups is 2. The van der Waals surface area contributed by atoms with E-state index in [4.69, 9.17) is 9.84 Å². The van der Waals surface area contributed by atoms with Crippen molar-refractivity contribution in [3.63, 3.8) is 0 Å². The number of hydrogen-bond donors (Lipinski definition) is 2. The normalized spacial score (nSPS) is 14.2. The molecule has 0 aromatic carbocycles. The number of nitrogens with one attached hydrogen (secondary N) is 1. The molecule has 0 aliphatic heterocycles. The van der Waals surface area contributed by atoms with Crippen LogP contribution in [-0.4, -0.2) is 36.7 Å². The lowest BCUT2D eigenvalue weighted by atomic mass is 10.1. The molecular weight excluding hydrogens is 210 g/mol. The molecule has 0 bridgehead atoms. The van der Waals surface area contributed by atoms with Gasteiger partial charge < -0.3 is 15.2 Å². The Morgan fingerprint density at radius 1 is 1.31 bits per heavy atom. The average Bonchev–Trinajstić information content (AvgIpc) is 2.25. The van der Waals surface area contributed by atoms with Crippen LogP contribution < -0.4 is 5.32 Å². The molecule has 0 aliphatic rings. The van der Waals surface area contributed by atoms with E-state index in [0.29, 0.717) is 25.8 Å². The number of rotatable bonds is 8. The van der Waals surface area contributed by atoms with Crippen molar-refractivity contribution in [2.75, 3.05) is 13.7 Å². The van der Waals surface area contributed by atoms with E-state index >= 15 is 0 Å². The second-order valence-corrected chi connectivity index (χ2v) is 3.96. The van der Waals surface area contributed by atoms with E-state index in [0.717, 1.165) is 0 Å². The van der Waals surface area contributed by atoms with Crippen molar-refractivity contribution in [3.8, 4) is 0 Å². The fourth-order valence-electron chi connectivity index (χ4n) is 1.09. The summed E-state index contributed by atoms with van der Waals surface area (Å²) >= 11 is 0. The van der Waals surface area contributed by atoms with Crippen LogP contribution in [0.25, 0.3) is 0 Å². The Morgan fingerprint density at radius 2 is 1.94 bits per heavy atom. The van der Waals surface area contributed by atoms with Crippen molar-refractivity contribution in [2.24, 2.45) is 5.92 Å². The third-order valence-electron chi connectivity index (χ3n) is 2.50. The molecule has 0 spiro atoms. The summed E-state index contributed by atoms with van der Waals surface area (Å²) in [4.78, 5) is 21.8. The molecule has 0 rings (SSSR count). The minimum absolute atomic E-state index is 0.0542. The van der Waals surface area contributed by atoms with E-state index in [1.807, 2.05) is 6.92 Å². The molecule has 0 saturated heterocycles. The van der Waals surface area contributed by atoms with Crippen LogP contribution in [0.15, 0.2) is 0 Å². The first-order chi connectivity index (χ1) is 7.47. The van der Waals surface area contributed by atoms with Crippen LogP contribution in [0.3, 0.4) is 0 Å². The second-order valence-electron chi connectivity index (χ2n) is 3.96. The molecule has 0 aliphatic carbocycles. The first kappa shape index (κ1) is 14.9. The Kier molecular flexibility index (Phi) is 7.54. The predicted molar refractivity (Wildman–Crippen MR) is 60.1 cm³/mol. The number of methoxy groups -OCH3 is 1. The lowest BCUT2D eigenvalue weighted by molar-refractivity contribution is -0.141. The van der Waals surface area contributed by atoms with E-state index in [1.54, 1.807) is 14.0 Å². The van der Waals surface area contributed by atoms with Gasteiger partial charge in [0, 0.05) is 20.1 Å². The first-order valence-corrected chi connectivity index (χ1v) is 5.49. The van der Waals surface area contributed by atoms with Crippen molar-refractivity contribution < 1.29 is 19.4 Å². The van der Waals surface area contributed by atoms with Gasteiger partial charge >= 0.3 is 5.97 Å². The Hall–Kier alpha value is -1.10. The average molecular weight is 231 g/mol. The van der Waals surface area contributed by atoms with Crippen LogP contribution >= 0.6 is 0 Å². The number of carboxylic acid groups (broad SMARTS) is 1. The SMILES string of the molecule is COC(C)CCC(=O)NCCC(C)C(=O)O. The quantitative estimate of drug-likeness (QED) is 0.654. The van der Waals surface area contributed by atoms with Crippen LogP contribution in [0.4, 0.5) is 0 Å². The van der Waals surface area contributed by atoms with E-state index in [1.165, 1.54) is 0 Å². The van der Waals surface area contributed by atoms with Crippen molar-refractivity contribution in [3.05, 3.63) is 0 Å². The molecule has 0 saturated carbocycles. The Labute approximate surface area is 96.2 Å². The van der Waals surface area contributed by atoms with E-state index in [9.17, 15) is 9.59 Å². The van der Waals surface area contributed by atoms with Gasteiger partial charge in [-0.2, -0.15) is 0 Å². The second kappa shape index (κ2) is 8.10. The lowest BCUT2D eigenvalue weighted by Gasteiger charge is -2.10.